The van der Waals surface area contributed by atoms with E-state index in [-0.39, 0.29) is 6.04 Å². The third kappa shape index (κ3) is 2.60. The Hall–Kier alpha value is -1.32. The van der Waals surface area contributed by atoms with Gasteiger partial charge in [-0.2, -0.15) is 0 Å². The highest BCUT2D eigenvalue weighted by molar-refractivity contribution is 9.10. The zero-order chi connectivity index (χ0) is 14.1. The van der Waals surface area contributed by atoms with Crippen LogP contribution >= 0.6 is 15.9 Å². The fourth-order valence-corrected chi connectivity index (χ4v) is 3.40. The van der Waals surface area contributed by atoms with Crippen molar-refractivity contribution in [3.63, 3.8) is 0 Å². The zero-order valence-corrected chi connectivity index (χ0v) is 13.0. The molecule has 3 rings (SSSR count). The number of phenolic OH excluding ortho intramolecular Hbond substituents is 1. The molecule has 2 N–H and O–H groups in total. The number of nitrogens with one attached hydrogen (secondary N) is 1. The molecule has 0 spiro atoms. The highest BCUT2D eigenvalue weighted by Gasteiger charge is 2.25. The standard InChI is InChI=1S/C17H18BrNO/c1-11(12-4-2-5-13(18)10-12)19-16-9-8-15-14(16)6-3-7-17(15)20/h2-7,10-11,16,19-20H,8-9H2,1H3/t11-,16?/m1/s1. The predicted molar refractivity (Wildman–Crippen MR) is 84.9 cm³/mol. The second-order valence-electron chi connectivity index (χ2n) is 5.38. The van der Waals surface area contributed by atoms with Gasteiger partial charge in [-0.25, -0.2) is 0 Å². The Bertz CT molecular complexity index is 626. The summed E-state index contributed by atoms with van der Waals surface area (Å²) in [5.41, 5.74) is 3.62. The van der Waals surface area contributed by atoms with Crippen LogP contribution in [0.4, 0.5) is 0 Å². The summed E-state index contributed by atoms with van der Waals surface area (Å²) in [4.78, 5) is 0. The number of benzene rings is 2. The first-order valence-corrected chi connectivity index (χ1v) is 7.76. The van der Waals surface area contributed by atoms with Gasteiger partial charge in [-0.3, -0.25) is 0 Å². The van der Waals surface area contributed by atoms with E-state index in [1.54, 1.807) is 6.07 Å². The van der Waals surface area contributed by atoms with Crippen molar-refractivity contribution in [2.45, 2.75) is 31.8 Å². The summed E-state index contributed by atoms with van der Waals surface area (Å²) >= 11 is 3.52. The number of aromatic hydroxyl groups is 1. The van der Waals surface area contributed by atoms with Gasteiger partial charge in [0.25, 0.3) is 0 Å². The van der Waals surface area contributed by atoms with Crippen LogP contribution in [-0.2, 0) is 6.42 Å². The molecular weight excluding hydrogens is 314 g/mol. The topological polar surface area (TPSA) is 32.3 Å². The number of phenols is 1. The van der Waals surface area contributed by atoms with Gasteiger partial charge < -0.3 is 10.4 Å². The van der Waals surface area contributed by atoms with E-state index < -0.39 is 0 Å². The molecule has 1 aliphatic rings. The maximum Gasteiger partial charge on any atom is 0.119 e. The van der Waals surface area contributed by atoms with E-state index in [0.29, 0.717) is 11.8 Å². The van der Waals surface area contributed by atoms with E-state index in [1.807, 2.05) is 12.1 Å². The first-order valence-electron chi connectivity index (χ1n) is 6.97. The smallest absolute Gasteiger partial charge is 0.119 e. The van der Waals surface area contributed by atoms with Crippen LogP contribution < -0.4 is 5.32 Å². The minimum absolute atomic E-state index is 0.283. The van der Waals surface area contributed by atoms with Crippen molar-refractivity contribution < 1.29 is 5.11 Å². The minimum Gasteiger partial charge on any atom is -0.508 e. The molecule has 20 heavy (non-hydrogen) atoms. The molecule has 0 aromatic heterocycles. The third-order valence-electron chi connectivity index (χ3n) is 4.05. The number of hydrogen-bond donors (Lipinski definition) is 2. The molecule has 0 aliphatic heterocycles. The molecule has 0 heterocycles. The predicted octanol–water partition coefficient (Wildman–Crippen LogP) is 4.49. The largest absolute Gasteiger partial charge is 0.508 e. The molecule has 1 aliphatic carbocycles. The summed E-state index contributed by atoms with van der Waals surface area (Å²) < 4.78 is 1.10. The van der Waals surface area contributed by atoms with Crippen molar-refractivity contribution in [1.82, 2.24) is 5.32 Å². The lowest BCUT2D eigenvalue weighted by atomic mass is 10.0. The van der Waals surface area contributed by atoms with Gasteiger partial charge in [0.1, 0.15) is 5.75 Å². The zero-order valence-electron chi connectivity index (χ0n) is 11.4. The Morgan fingerprint density at radius 3 is 2.85 bits per heavy atom. The average Bonchev–Trinajstić information content (AvgIpc) is 2.83. The second kappa shape index (κ2) is 5.58. The van der Waals surface area contributed by atoms with Crippen molar-refractivity contribution in [3.8, 4) is 5.75 Å². The summed E-state index contributed by atoms with van der Waals surface area (Å²) in [5.74, 6) is 0.432. The maximum atomic E-state index is 9.90. The number of halogens is 1. The van der Waals surface area contributed by atoms with E-state index in [9.17, 15) is 5.11 Å². The lowest BCUT2D eigenvalue weighted by Crippen LogP contribution is -2.22. The van der Waals surface area contributed by atoms with Crippen molar-refractivity contribution in [2.75, 3.05) is 0 Å². The van der Waals surface area contributed by atoms with E-state index >= 15 is 0 Å². The van der Waals surface area contributed by atoms with Gasteiger partial charge in [-0.15, -0.1) is 0 Å². The molecule has 2 nitrogen and oxygen atoms in total. The average molecular weight is 332 g/mol. The van der Waals surface area contributed by atoms with Gasteiger partial charge in [-0.05, 0) is 54.7 Å². The molecule has 0 fully saturated rings. The molecule has 0 radical (unpaired) electrons. The molecule has 0 saturated heterocycles. The summed E-state index contributed by atoms with van der Waals surface area (Å²) in [6.07, 6.45) is 2.00. The molecule has 2 aromatic rings. The van der Waals surface area contributed by atoms with Crippen molar-refractivity contribution in [3.05, 3.63) is 63.6 Å². The summed E-state index contributed by atoms with van der Waals surface area (Å²) in [6, 6.07) is 14.8. The number of rotatable bonds is 3. The third-order valence-corrected chi connectivity index (χ3v) is 4.54. The quantitative estimate of drug-likeness (QED) is 0.868. The molecule has 3 heteroatoms. The van der Waals surface area contributed by atoms with Crippen LogP contribution in [0.3, 0.4) is 0 Å². The van der Waals surface area contributed by atoms with Gasteiger partial charge in [0.15, 0.2) is 0 Å². The molecule has 104 valence electrons. The van der Waals surface area contributed by atoms with Gasteiger partial charge >= 0.3 is 0 Å². The van der Waals surface area contributed by atoms with Gasteiger partial charge in [0.2, 0.25) is 0 Å². The van der Waals surface area contributed by atoms with Crippen LogP contribution in [-0.4, -0.2) is 5.11 Å². The van der Waals surface area contributed by atoms with Crippen LogP contribution in [0.2, 0.25) is 0 Å². The molecule has 0 bridgehead atoms. The Morgan fingerprint density at radius 1 is 1.25 bits per heavy atom. The first kappa shape index (κ1) is 13.7. The molecule has 2 atom stereocenters. The molecule has 0 amide bonds. The lowest BCUT2D eigenvalue weighted by molar-refractivity contribution is 0.465. The van der Waals surface area contributed by atoms with E-state index in [1.165, 1.54) is 11.1 Å². The van der Waals surface area contributed by atoms with Crippen LogP contribution in [0, 0.1) is 0 Å². The number of hydrogen-bond acceptors (Lipinski definition) is 2. The summed E-state index contributed by atoms with van der Waals surface area (Å²) in [6.45, 7) is 2.18. The molecule has 2 aromatic carbocycles. The Labute approximate surface area is 128 Å². The Kier molecular flexibility index (Phi) is 3.81. The molecular formula is C17H18BrNO. The minimum atomic E-state index is 0.283. The van der Waals surface area contributed by atoms with Crippen molar-refractivity contribution >= 4 is 15.9 Å². The Morgan fingerprint density at radius 2 is 2.05 bits per heavy atom. The van der Waals surface area contributed by atoms with Crippen LogP contribution in [0.5, 0.6) is 5.75 Å². The SMILES string of the molecule is C[C@@H](NC1CCc2c(O)cccc21)c1cccc(Br)c1. The number of fused-ring (bicyclic) bond motifs is 1. The van der Waals surface area contributed by atoms with Crippen LogP contribution in [0.15, 0.2) is 46.9 Å². The van der Waals surface area contributed by atoms with Crippen molar-refractivity contribution in [2.24, 2.45) is 0 Å². The fraction of sp³-hybridized carbons (Fsp3) is 0.294. The fourth-order valence-electron chi connectivity index (χ4n) is 2.98. The molecule has 0 saturated carbocycles. The van der Waals surface area contributed by atoms with Crippen molar-refractivity contribution in [1.29, 1.82) is 0 Å². The highest BCUT2D eigenvalue weighted by atomic mass is 79.9. The first-order chi connectivity index (χ1) is 9.65. The van der Waals surface area contributed by atoms with E-state index in [2.05, 4.69) is 52.4 Å². The Balaban J connectivity index is 1.79. The monoisotopic (exact) mass is 331 g/mol. The summed E-state index contributed by atoms with van der Waals surface area (Å²) in [7, 11) is 0. The summed E-state index contributed by atoms with van der Waals surface area (Å²) in [5, 5.41) is 13.6. The lowest BCUT2D eigenvalue weighted by Gasteiger charge is -2.21. The van der Waals surface area contributed by atoms with Gasteiger partial charge in [0.05, 0.1) is 0 Å². The highest BCUT2D eigenvalue weighted by Crippen LogP contribution is 2.37. The second-order valence-corrected chi connectivity index (χ2v) is 6.30. The normalized spacial score (nSPS) is 18.8. The van der Waals surface area contributed by atoms with E-state index in [4.69, 9.17) is 0 Å². The molecule has 1 unspecified atom stereocenters. The van der Waals surface area contributed by atoms with Crippen LogP contribution in [0.1, 0.15) is 42.1 Å². The van der Waals surface area contributed by atoms with Crippen LogP contribution in [0.25, 0.3) is 0 Å². The van der Waals surface area contributed by atoms with E-state index in [0.717, 1.165) is 22.9 Å². The maximum absolute atomic E-state index is 9.90. The van der Waals surface area contributed by atoms with Gasteiger partial charge in [-0.1, -0.05) is 40.2 Å². The van der Waals surface area contributed by atoms with Gasteiger partial charge in [0, 0.05) is 16.6 Å².